The zero-order valence-corrected chi connectivity index (χ0v) is 10.2. The monoisotopic (exact) mass is 250 g/mol. The summed E-state index contributed by atoms with van der Waals surface area (Å²) in [6.45, 7) is 1.68. The van der Waals surface area contributed by atoms with Gasteiger partial charge in [0, 0.05) is 6.42 Å². The van der Waals surface area contributed by atoms with E-state index >= 15 is 0 Å². The topological polar surface area (TPSA) is 112 Å². The number of rotatable bonds is 7. The standard InChI is InChI=1S/C9H18O2.2CH2O2/c1-2-3-4-5-6-7-8-9(10)11;2*2-1-3/h2-8H2,1H3,(H,10,11);2*1H,(H,2,3). The first kappa shape index (κ1) is 20.8. The van der Waals surface area contributed by atoms with Crippen LogP contribution in [-0.4, -0.2) is 34.2 Å². The highest BCUT2D eigenvalue weighted by Gasteiger charge is 1.95. The maximum absolute atomic E-state index is 10.1. The molecule has 0 aromatic rings. The van der Waals surface area contributed by atoms with Gasteiger partial charge in [0.15, 0.2) is 0 Å². The molecular formula is C11H22O6. The Balaban J connectivity index is -0.000000273. The minimum atomic E-state index is -0.666. The molecule has 0 radical (unpaired) electrons. The van der Waals surface area contributed by atoms with E-state index in [0.717, 1.165) is 12.8 Å². The van der Waals surface area contributed by atoms with Crippen LogP contribution in [0.15, 0.2) is 0 Å². The zero-order chi connectivity index (χ0) is 13.9. The Bertz CT molecular complexity index is 163. The second kappa shape index (κ2) is 23.9. The minimum absolute atomic E-state index is 0.250. The predicted molar refractivity (Wildman–Crippen MR) is 63.0 cm³/mol. The van der Waals surface area contributed by atoms with Gasteiger partial charge in [0.2, 0.25) is 0 Å². The third kappa shape index (κ3) is 54.0. The lowest BCUT2D eigenvalue weighted by molar-refractivity contribution is -0.137. The molecule has 0 saturated carbocycles. The molecule has 0 saturated heterocycles. The molecule has 0 rings (SSSR count). The Kier molecular flexibility index (Phi) is 29.2. The molecule has 6 nitrogen and oxygen atoms in total. The lowest BCUT2D eigenvalue weighted by Crippen LogP contribution is -1.93. The zero-order valence-electron chi connectivity index (χ0n) is 10.2. The molecule has 17 heavy (non-hydrogen) atoms. The summed E-state index contributed by atoms with van der Waals surface area (Å²) in [4.78, 5) is 26.8. The van der Waals surface area contributed by atoms with E-state index in [1.54, 1.807) is 0 Å². The first-order valence-electron chi connectivity index (χ1n) is 5.48. The SMILES string of the molecule is CCCCCCCCC(=O)O.O=CO.O=CO. The smallest absolute Gasteiger partial charge is 0.303 e. The summed E-state index contributed by atoms with van der Waals surface area (Å²) in [5.74, 6) is -0.666. The number of carboxylic acids is 1. The summed E-state index contributed by atoms with van der Waals surface area (Å²) in [5, 5.41) is 22.1. The van der Waals surface area contributed by atoms with Gasteiger partial charge < -0.3 is 15.3 Å². The number of hydrogen-bond acceptors (Lipinski definition) is 3. The molecule has 6 heteroatoms. The number of hydrogen-bond donors (Lipinski definition) is 3. The van der Waals surface area contributed by atoms with Crippen molar-refractivity contribution in [2.24, 2.45) is 0 Å². The first-order chi connectivity index (χ1) is 8.10. The van der Waals surface area contributed by atoms with Crippen LogP contribution in [0, 0.1) is 0 Å². The predicted octanol–water partition coefficient (Wildman–Crippen LogP) is 2.22. The van der Waals surface area contributed by atoms with E-state index in [1.165, 1.54) is 25.7 Å². The highest BCUT2D eigenvalue weighted by Crippen LogP contribution is 2.06. The fraction of sp³-hybridized carbons (Fsp3) is 0.727. The lowest BCUT2D eigenvalue weighted by Gasteiger charge is -1.97. The summed E-state index contributed by atoms with van der Waals surface area (Å²) in [5.41, 5.74) is 0. The van der Waals surface area contributed by atoms with E-state index in [4.69, 9.17) is 24.9 Å². The molecule has 0 heterocycles. The van der Waals surface area contributed by atoms with Crippen molar-refractivity contribution in [1.82, 2.24) is 0 Å². The number of aliphatic carboxylic acids is 1. The van der Waals surface area contributed by atoms with Crippen LogP contribution < -0.4 is 0 Å². The minimum Gasteiger partial charge on any atom is -0.483 e. The normalized spacial score (nSPS) is 7.82. The van der Waals surface area contributed by atoms with Gasteiger partial charge in [-0.05, 0) is 6.42 Å². The molecule has 0 aliphatic heterocycles. The molecule has 102 valence electrons. The van der Waals surface area contributed by atoms with Gasteiger partial charge in [0.1, 0.15) is 0 Å². The largest absolute Gasteiger partial charge is 0.483 e. The lowest BCUT2D eigenvalue weighted by atomic mass is 10.1. The number of unbranched alkanes of at least 4 members (excludes halogenated alkanes) is 5. The molecule has 0 bridgehead atoms. The Morgan fingerprint density at radius 3 is 1.65 bits per heavy atom. The van der Waals surface area contributed by atoms with Gasteiger partial charge in [-0.15, -0.1) is 0 Å². The van der Waals surface area contributed by atoms with Crippen LogP contribution in [0.25, 0.3) is 0 Å². The van der Waals surface area contributed by atoms with Gasteiger partial charge in [0.25, 0.3) is 12.9 Å². The average molecular weight is 250 g/mol. The van der Waals surface area contributed by atoms with Crippen LogP contribution in [0.5, 0.6) is 0 Å². The van der Waals surface area contributed by atoms with Gasteiger partial charge >= 0.3 is 5.97 Å². The molecule has 0 aromatic heterocycles. The Morgan fingerprint density at radius 1 is 0.941 bits per heavy atom. The van der Waals surface area contributed by atoms with E-state index in [2.05, 4.69) is 6.92 Å². The molecular weight excluding hydrogens is 228 g/mol. The van der Waals surface area contributed by atoms with Crippen molar-refractivity contribution in [3.63, 3.8) is 0 Å². The molecule has 3 N–H and O–H groups in total. The fourth-order valence-corrected chi connectivity index (χ4v) is 1.06. The maximum atomic E-state index is 10.1. The average Bonchev–Trinajstić information content (AvgIpc) is 2.25. The van der Waals surface area contributed by atoms with Crippen molar-refractivity contribution in [1.29, 1.82) is 0 Å². The van der Waals surface area contributed by atoms with Crippen molar-refractivity contribution in [2.75, 3.05) is 0 Å². The maximum Gasteiger partial charge on any atom is 0.303 e. The van der Waals surface area contributed by atoms with Crippen molar-refractivity contribution in [2.45, 2.75) is 51.9 Å². The summed E-state index contributed by atoms with van der Waals surface area (Å²) < 4.78 is 0. The van der Waals surface area contributed by atoms with Gasteiger partial charge in [-0.2, -0.15) is 0 Å². The van der Waals surface area contributed by atoms with Crippen molar-refractivity contribution in [3.8, 4) is 0 Å². The molecule has 0 fully saturated rings. The summed E-state index contributed by atoms with van der Waals surface area (Å²) in [7, 11) is 0. The van der Waals surface area contributed by atoms with Crippen molar-refractivity contribution in [3.05, 3.63) is 0 Å². The quantitative estimate of drug-likeness (QED) is 0.471. The fourth-order valence-electron chi connectivity index (χ4n) is 1.06. The molecule has 0 aliphatic rings. The second-order valence-corrected chi connectivity index (χ2v) is 3.12. The van der Waals surface area contributed by atoms with Crippen LogP contribution in [-0.2, 0) is 14.4 Å². The third-order valence-corrected chi connectivity index (χ3v) is 1.74. The Morgan fingerprint density at radius 2 is 1.29 bits per heavy atom. The molecule has 0 aliphatic carbocycles. The number of carboxylic acid groups (broad SMARTS) is 3. The van der Waals surface area contributed by atoms with Gasteiger partial charge in [-0.25, -0.2) is 0 Å². The van der Waals surface area contributed by atoms with Gasteiger partial charge in [-0.1, -0.05) is 39.0 Å². The van der Waals surface area contributed by atoms with Crippen LogP contribution in [0.4, 0.5) is 0 Å². The Labute approximate surface area is 101 Å². The summed E-state index contributed by atoms with van der Waals surface area (Å²) in [6.07, 6.45) is 7.25. The molecule has 0 unspecified atom stereocenters. The first-order valence-corrected chi connectivity index (χ1v) is 5.48. The highest BCUT2D eigenvalue weighted by atomic mass is 16.4. The third-order valence-electron chi connectivity index (χ3n) is 1.74. The van der Waals surface area contributed by atoms with E-state index in [9.17, 15) is 4.79 Å². The van der Waals surface area contributed by atoms with Crippen molar-refractivity contribution >= 4 is 18.9 Å². The Hall–Kier alpha value is -1.59. The molecule has 0 amide bonds. The summed E-state index contributed by atoms with van der Waals surface area (Å²) >= 11 is 0. The van der Waals surface area contributed by atoms with Gasteiger partial charge in [-0.3, -0.25) is 14.4 Å². The summed E-state index contributed by atoms with van der Waals surface area (Å²) in [6, 6.07) is 0. The second-order valence-electron chi connectivity index (χ2n) is 3.12. The number of carbonyl (C=O) groups is 3. The van der Waals surface area contributed by atoms with E-state index < -0.39 is 5.97 Å². The van der Waals surface area contributed by atoms with Crippen LogP contribution in [0.1, 0.15) is 51.9 Å². The molecule has 0 spiro atoms. The van der Waals surface area contributed by atoms with Crippen LogP contribution in [0.2, 0.25) is 0 Å². The molecule has 0 aromatic carbocycles. The highest BCUT2D eigenvalue weighted by molar-refractivity contribution is 5.66. The van der Waals surface area contributed by atoms with E-state index in [-0.39, 0.29) is 12.9 Å². The van der Waals surface area contributed by atoms with Crippen LogP contribution in [0.3, 0.4) is 0 Å². The van der Waals surface area contributed by atoms with Crippen molar-refractivity contribution < 1.29 is 29.7 Å². The van der Waals surface area contributed by atoms with Gasteiger partial charge in [0.05, 0.1) is 0 Å². The molecule has 0 atom stereocenters. The van der Waals surface area contributed by atoms with E-state index in [0.29, 0.717) is 6.42 Å². The van der Waals surface area contributed by atoms with Crippen LogP contribution >= 0.6 is 0 Å². The van der Waals surface area contributed by atoms with E-state index in [1.807, 2.05) is 0 Å².